The number of hydrogen-bond acceptors (Lipinski definition) is 5. The number of hydrogen-bond donors (Lipinski definition) is 0. The summed E-state index contributed by atoms with van der Waals surface area (Å²) in [4.78, 5) is -0.354. The van der Waals surface area contributed by atoms with Crippen LogP contribution in [-0.2, 0) is 16.4 Å². The lowest BCUT2D eigenvalue weighted by molar-refractivity contribution is 0.306. The molecule has 5 rings (SSSR count). The molecule has 4 aromatic carbocycles. The first-order valence-electron chi connectivity index (χ1n) is 12.4. The Hall–Kier alpha value is -5.00. The van der Waals surface area contributed by atoms with Gasteiger partial charge in [-0.05, 0) is 67.1 Å². The van der Waals surface area contributed by atoms with Crippen LogP contribution in [0.1, 0.15) is 16.7 Å². The van der Waals surface area contributed by atoms with Crippen LogP contribution in [0, 0.1) is 24.1 Å². The topological polar surface area (TPSA) is 85.0 Å². The van der Waals surface area contributed by atoms with E-state index in [1.807, 2.05) is 49.4 Å². The molecule has 0 aliphatic rings. The third-order valence-electron chi connectivity index (χ3n) is 6.21. The predicted molar refractivity (Wildman–Crippen MR) is 152 cm³/mol. The summed E-state index contributed by atoms with van der Waals surface area (Å²) < 4.78 is 47.5. The van der Waals surface area contributed by atoms with Gasteiger partial charge in [0.05, 0.1) is 10.6 Å². The van der Waals surface area contributed by atoms with Crippen molar-refractivity contribution in [2.45, 2.75) is 18.4 Å². The maximum atomic E-state index is 13.3. The van der Waals surface area contributed by atoms with E-state index in [4.69, 9.17) is 9.84 Å². The van der Waals surface area contributed by atoms with Crippen molar-refractivity contribution in [3.63, 3.8) is 0 Å². The summed E-state index contributed by atoms with van der Waals surface area (Å²) in [5.74, 6) is 0.236. The van der Waals surface area contributed by atoms with Crippen molar-refractivity contribution in [2.75, 3.05) is 0 Å². The molecule has 0 saturated heterocycles. The standard InChI is InChI=1S/C32H24FN3O3S/c1-23-10-16-30(17-11-23)40(37,38)31(20-34)19-26-21-36(28-7-3-2-4-8-28)35-32(26)25-6-5-9-29(18-25)39-22-24-12-14-27(33)15-13-24/h2-19,21H,22H2,1H3/b31-19-. The predicted octanol–water partition coefficient (Wildman–Crippen LogP) is 6.90. The number of allylic oxidation sites excluding steroid dienone is 1. The molecule has 0 unspecified atom stereocenters. The molecule has 0 bridgehead atoms. The molecule has 40 heavy (non-hydrogen) atoms. The molecule has 0 aliphatic heterocycles. The average Bonchev–Trinajstić information content (AvgIpc) is 3.40. The van der Waals surface area contributed by atoms with E-state index in [9.17, 15) is 18.1 Å². The van der Waals surface area contributed by atoms with Gasteiger partial charge in [-0.15, -0.1) is 0 Å². The van der Waals surface area contributed by atoms with Gasteiger partial charge in [0.1, 0.15) is 34.8 Å². The highest BCUT2D eigenvalue weighted by atomic mass is 32.2. The molecular weight excluding hydrogens is 525 g/mol. The Balaban J connectivity index is 1.55. The number of benzene rings is 4. The summed E-state index contributed by atoms with van der Waals surface area (Å²) in [5, 5.41) is 14.6. The molecular formula is C32H24FN3O3S. The fourth-order valence-electron chi connectivity index (χ4n) is 4.07. The normalized spacial score (nSPS) is 11.7. The van der Waals surface area contributed by atoms with E-state index < -0.39 is 14.7 Å². The lowest BCUT2D eigenvalue weighted by Gasteiger charge is -2.08. The Labute approximate surface area is 232 Å². The Morgan fingerprint density at radius 2 is 1.70 bits per heavy atom. The SMILES string of the molecule is Cc1ccc(S(=O)(=O)/C(C#N)=C\c2cn(-c3ccccc3)nc2-c2cccc(OCc3ccc(F)cc3)c2)cc1. The van der Waals surface area contributed by atoms with Gasteiger partial charge >= 0.3 is 0 Å². The van der Waals surface area contributed by atoms with Crippen molar-refractivity contribution in [3.8, 4) is 28.8 Å². The summed E-state index contributed by atoms with van der Waals surface area (Å²) in [7, 11) is -4.06. The van der Waals surface area contributed by atoms with Gasteiger partial charge < -0.3 is 4.74 Å². The quantitative estimate of drug-likeness (QED) is 0.197. The Morgan fingerprint density at radius 1 is 0.975 bits per heavy atom. The zero-order valence-electron chi connectivity index (χ0n) is 21.5. The molecule has 0 N–H and O–H groups in total. The van der Waals surface area contributed by atoms with Crippen LogP contribution >= 0.6 is 0 Å². The second-order valence-corrected chi connectivity index (χ2v) is 11.0. The van der Waals surface area contributed by atoms with Gasteiger partial charge in [0.25, 0.3) is 0 Å². The first-order chi connectivity index (χ1) is 19.3. The number of nitrogens with zero attached hydrogens (tertiary/aromatic N) is 3. The van der Waals surface area contributed by atoms with Crippen molar-refractivity contribution in [2.24, 2.45) is 0 Å². The Bertz CT molecular complexity index is 1820. The van der Waals surface area contributed by atoms with Gasteiger partial charge in [-0.2, -0.15) is 10.4 Å². The van der Waals surface area contributed by atoms with Crippen LogP contribution in [0.4, 0.5) is 4.39 Å². The number of aromatic nitrogens is 2. The van der Waals surface area contributed by atoms with Crippen LogP contribution in [0.3, 0.4) is 0 Å². The average molecular weight is 550 g/mol. The van der Waals surface area contributed by atoms with Crippen molar-refractivity contribution in [1.82, 2.24) is 9.78 Å². The number of nitriles is 1. The number of ether oxygens (including phenoxy) is 1. The number of halogens is 1. The van der Waals surface area contributed by atoms with E-state index in [2.05, 4.69) is 0 Å². The largest absolute Gasteiger partial charge is 0.489 e. The molecule has 1 aromatic heterocycles. The van der Waals surface area contributed by atoms with Crippen LogP contribution in [0.25, 0.3) is 23.0 Å². The van der Waals surface area contributed by atoms with E-state index >= 15 is 0 Å². The van der Waals surface area contributed by atoms with Crippen molar-refractivity contribution >= 4 is 15.9 Å². The lowest BCUT2D eigenvalue weighted by Crippen LogP contribution is -2.03. The molecule has 0 fully saturated rings. The lowest BCUT2D eigenvalue weighted by atomic mass is 10.1. The molecule has 6 nitrogen and oxygen atoms in total. The minimum Gasteiger partial charge on any atom is -0.489 e. The first-order valence-corrected chi connectivity index (χ1v) is 13.9. The molecule has 0 aliphatic carbocycles. The second kappa shape index (κ2) is 11.4. The van der Waals surface area contributed by atoms with E-state index in [1.165, 1.54) is 30.3 Å². The second-order valence-electron chi connectivity index (χ2n) is 9.09. The van der Waals surface area contributed by atoms with Crippen LogP contribution in [-0.4, -0.2) is 18.2 Å². The third kappa shape index (κ3) is 5.85. The van der Waals surface area contributed by atoms with E-state index in [0.29, 0.717) is 22.6 Å². The highest BCUT2D eigenvalue weighted by Crippen LogP contribution is 2.30. The summed E-state index contributed by atoms with van der Waals surface area (Å²) in [5.41, 5.74) is 4.09. The minimum atomic E-state index is -4.06. The highest BCUT2D eigenvalue weighted by molar-refractivity contribution is 7.95. The van der Waals surface area contributed by atoms with Crippen molar-refractivity contribution in [3.05, 3.63) is 137 Å². The summed E-state index contributed by atoms with van der Waals surface area (Å²) in [6, 6.07) is 30.9. The van der Waals surface area contributed by atoms with Crippen LogP contribution in [0.5, 0.6) is 5.75 Å². The molecule has 198 valence electrons. The summed E-state index contributed by atoms with van der Waals surface area (Å²) in [6.45, 7) is 2.10. The Kier molecular flexibility index (Phi) is 7.58. The maximum Gasteiger partial charge on any atom is 0.216 e. The number of sulfone groups is 1. The molecule has 0 spiro atoms. The van der Waals surface area contributed by atoms with E-state index in [0.717, 1.165) is 16.8 Å². The molecule has 0 saturated carbocycles. The third-order valence-corrected chi connectivity index (χ3v) is 7.89. The fraction of sp³-hybridized carbons (Fsp3) is 0.0625. The molecule has 0 amide bonds. The number of aryl methyl sites for hydroxylation is 1. The van der Waals surface area contributed by atoms with Crippen molar-refractivity contribution < 1.29 is 17.5 Å². The highest BCUT2D eigenvalue weighted by Gasteiger charge is 2.22. The van der Waals surface area contributed by atoms with E-state index in [1.54, 1.807) is 53.3 Å². The van der Waals surface area contributed by atoms with Gasteiger partial charge in [-0.3, -0.25) is 0 Å². The molecule has 0 radical (unpaired) electrons. The van der Waals surface area contributed by atoms with Crippen LogP contribution < -0.4 is 4.74 Å². The van der Waals surface area contributed by atoms with Gasteiger partial charge in [-0.1, -0.05) is 60.2 Å². The smallest absolute Gasteiger partial charge is 0.216 e. The molecule has 1 heterocycles. The van der Waals surface area contributed by atoms with Gasteiger partial charge in [0.15, 0.2) is 0 Å². The van der Waals surface area contributed by atoms with Gasteiger partial charge in [-0.25, -0.2) is 17.5 Å². The van der Waals surface area contributed by atoms with Crippen LogP contribution in [0.2, 0.25) is 0 Å². The summed E-state index contributed by atoms with van der Waals surface area (Å²) >= 11 is 0. The fourth-order valence-corrected chi connectivity index (χ4v) is 5.22. The number of rotatable bonds is 8. The molecule has 8 heteroatoms. The van der Waals surface area contributed by atoms with Gasteiger partial charge in [0.2, 0.25) is 9.84 Å². The zero-order chi connectivity index (χ0) is 28.1. The zero-order valence-corrected chi connectivity index (χ0v) is 22.3. The van der Waals surface area contributed by atoms with Gasteiger partial charge in [0, 0.05) is 17.3 Å². The Morgan fingerprint density at radius 3 is 2.40 bits per heavy atom. The first kappa shape index (κ1) is 26.6. The monoisotopic (exact) mass is 549 g/mol. The molecule has 5 aromatic rings. The molecule has 0 atom stereocenters. The minimum absolute atomic E-state index is 0.0408. The maximum absolute atomic E-state index is 13.3. The number of para-hydroxylation sites is 1. The van der Waals surface area contributed by atoms with E-state index in [-0.39, 0.29) is 17.3 Å². The summed E-state index contributed by atoms with van der Waals surface area (Å²) in [6.07, 6.45) is 3.04. The van der Waals surface area contributed by atoms with Crippen LogP contribution in [0.15, 0.2) is 119 Å². The van der Waals surface area contributed by atoms with Crippen molar-refractivity contribution in [1.29, 1.82) is 5.26 Å².